The molecule has 7 nitrogen and oxygen atoms in total. The molecule has 0 atom stereocenters. The number of nitrogens with zero attached hydrogens (tertiary/aromatic N) is 3. The molecule has 1 aliphatic heterocycles. The van der Waals surface area contributed by atoms with Gasteiger partial charge in [-0.05, 0) is 43.9 Å². The minimum Gasteiger partial charge on any atom is -0.380 e. The average Bonchev–Trinajstić information content (AvgIpc) is 3.44. The van der Waals surface area contributed by atoms with Gasteiger partial charge in [0.2, 0.25) is 0 Å². The lowest BCUT2D eigenvalue weighted by atomic mass is 10.1. The number of H-pyrrole nitrogens is 1. The van der Waals surface area contributed by atoms with E-state index in [1.807, 2.05) is 24.0 Å². The lowest BCUT2D eigenvalue weighted by molar-refractivity contribution is 0.0632. The Kier molecular flexibility index (Phi) is 5.31. The van der Waals surface area contributed by atoms with E-state index in [0.717, 1.165) is 37.6 Å². The minimum atomic E-state index is -0.164. The zero-order valence-electron chi connectivity index (χ0n) is 15.9. The number of nitrogens with one attached hydrogen (secondary N) is 1. The van der Waals surface area contributed by atoms with Gasteiger partial charge in [-0.25, -0.2) is 4.79 Å². The highest BCUT2D eigenvalue weighted by Crippen LogP contribution is 2.30. The van der Waals surface area contributed by atoms with E-state index < -0.39 is 0 Å². The number of rotatable bonds is 7. The lowest BCUT2D eigenvalue weighted by Gasteiger charge is -2.34. The Morgan fingerprint density at radius 1 is 1.22 bits per heavy atom. The van der Waals surface area contributed by atoms with E-state index in [4.69, 9.17) is 4.74 Å². The van der Waals surface area contributed by atoms with Crippen LogP contribution < -0.4 is 5.69 Å². The van der Waals surface area contributed by atoms with Crippen LogP contribution in [-0.2, 0) is 11.3 Å². The van der Waals surface area contributed by atoms with Crippen molar-refractivity contribution in [2.75, 3.05) is 45.9 Å². The van der Waals surface area contributed by atoms with Gasteiger partial charge in [0.25, 0.3) is 5.91 Å². The van der Waals surface area contributed by atoms with Gasteiger partial charge in [-0.1, -0.05) is 0 Å². The van der Waals surface area contributed by atoms with Crippen molar-refractivity contribution in [1.82, 2.24) is 19.4 Å². The zero-order chi connectivity index (χ0) is 18.8. The molecule has 2 aromatic rings. The number of aromatic nitrogens is 2. The second-order valence-corrected chi connectivity index (χ2v) is 7.55. The molecule has 1 saturated carbocycles. The maximum Gasteiger partial charge on any atom is 0.326 e. The first-order valence-electron chi connectivity index (χ1n) is 9.97. The first kappa shape index (κ1) is 18.3. The summed E-state index contributed by atoms with van der Waals surface area (Å²) in [6.07, 6.45) is 2.73. The molecule has 1 aromatic heterocycles. The Labute approximate surface area is 158 Å². The molecule has 2 fully saturated rings. The van der Waals surface area contributed by atoms with Crippen molar-refractivity contribution in [2.45, 2.75) is 26.3 Å². The molecule has 0 radical (unpaired) electrons. The van der Waals surface area contributed by atoms with Crippen molar-refractivity contribution in [3.63, 3.8) is 0 Å². The topological polar surface area (TPSA) is 70.6 Å². The number of imidazole rings is 1. The lowest BCUT2D eigenvalue weighted by Crippen LogP contribution is -2.49. The van der Waals surface area contributed by atoms with Crippen LogP contribution in [0.25, 0.3) is 11.0 Å². The fraction of sp³-hybridized carbons (Fsp3) is 0.600. The Hall–Kier alpha value is -2.12. The molecule has 146 valence electrons. The second kappa shape index (κ2) is 7.86. The molecule has 27 heavy (non-hydrogen) atoms. The Morgan fingerprint density at radius 2 is 2.00 bits per heavy atom. The predicted octanol–water partition coefficient (Wildman–Crippen LogP) is 1.53. The van der Waals surface area contributed by atoms with Crippen LogP contribution in [0.5, 0.6) is 0 Å². The monoisotopic (exact) mass is 372 g/mol. The van der Waals surface area contributed by atoms with E-state index in [1.54, 1.807) is 10.6 Å². The number of hydrogen-bond donors (Lipinski definition) is 1. The van der Waals surface area contributed by atoms with Gasteiger partial charge in [-0.3, -0.25) is 14.3 Å². The highest BCUT2D eigenvalue weighted by molar-refractivity contribution is 5.97. The van der Waals surface area contributed by atoms with E-state index in [0.29, 0.717) is 30.8 Å². The van der Waals surface area contributed by atoms with E-state index in [2.05, 4.69) is 9.88 Å². The van der Waals surface area contributed by atoms with E-state index in [-0.39, 0.29) is 11.6 Å². The Bertz CT molecular complexity index is 860. The molecule has 1 aromatic carbocycles. The Morgan fingerprint density at radius 3 is 2.70 bits per heavy atom. The van der Waals surface area contributed by atoms with E-state index in [1.165, 1.54) is 19.4 Å². The van der Waals surface area contributed by atoms with Crippen molar-refractivity contribution in [3.05, 3.63) is 34.2 Å². The van der Waals surface area contributed by atoms with Gasteiger partial charge in [0.05, 0.1) is 24.2 Å². The molecule has 2 aliphatic rings. The summed E-state index contributed by atoms with van der Waals surface area (Å²) in [5.74, 6) is 0.934. The van der Waals surface area contributed by atoms with Gasteiger partial charge in [0.1, 0.15) is 0 Å². The van der Waals surface area contributed by atoms with Crippen LogP contribution in [0.3, 0.4) is 0 Å². The van der Waals surface area contributed by atoms with Crippen molar-refractivity contribution in [2.24, 2.45) is 5.92 Å². The number of amides is 1. The van der Waals surface area contributed by atoms with Crippen LogP contribution >= 0.6 is 0 Å². The zero-order valence-corrected chi connectivity index (χ0v) is 15.9. The predicted molar refractivity (Wildman–Crippen MR) is 104 cm³/mol. The molecule has 1 aliphatic carbocycles. The van der Waals surface area contributed by atoms with Gasteiger partial charge < -0.3 is 14.6 Å². The summed E-state index contributed by atoms with van der Waals surface area (Å²) in [4.78, 5) is 32.3. The fourth-order valence-corrected chi connectivity index (χ4v) is 3.80. The summed E-state index contributed by atoms with van der Waals surface area (Å²) in [5, 5.41) is 0. The highest BCUT2D eigenvalue weighted by atomic mass is 16.5. The molecule has 1 saturated heterocycles. The summed E-state index contributed by atoms with van der Waals surface area (Å²) >= 11 is 0. The van der Waals surface area contributed by atoms with Crippen LogP contribution in [-0.4, -0.2) is 71.2 Å². The molecule has 0 bridgehead atoms. The smallest absolute Gasteiger partial charge is 0.326 e. The van der Waals surface area contributed by atoms with Gasteiger partial charge in [-0.15, -0.1) is 0 Å². The summed E-state index contributed by atoms with van der Waals surface area (Å²) in [6, 6.07) is 5.48. The van der Waals surface area contributed by atoms with Crippen LogP contribution in [0, 0.1) is 5.92 Å². The summed E-state index contributed by atoms with van der Waals surface area (Å²) in [7, 11) is 0. The van der Waals surface area contributed by atoms with Gasteiger partial charge in [0.15, 0.2) is 0 Å². The molecular formula is C20H28N4O3. The van der Waals surface area contributed by atoms with Crippen molar-refractivity contribution < 1.29 is 9.53 Å². The first-order chi connectivity index (χ1) is 13.2. The van der Waals surface area contributed by atoms with E-state index >= 15 is 0 Å². The first-order valence-corrected chi connectivity index (χ1v) is 9.97. The molecule has 2 heterocycles. The van der Waals surface area contributed by atoms with Crippen LogP contribution in [0.15, 0.2) is 23.0 Å². The summed E-state index contributed by atoms with van der Waals surface area (Å²) < 4.78 is 7.01. The summed E-state index contributed by atoms with van der Waals surface area (Å²) in [6.45, 7) is 8.20. The van der Waals surface area contributed by atoms with Crippen LogP contribution in [0.4, 0.5) is 0 Å². The van der Waals surface area contributed by atoms with Gasteiger partial charge >= 0.3 is 5.69 Å². The fourth-order valence-electron chi connectivity index (χ4n) is 3.80. The summed E-state index contributed by atoms with van der Waals surface area (Å²) in [5.41, 5.74) is 1.99. The third-order valence-electron chi connectivity index (χ3n) is 5.56. The average molecular weight is 372 g/mol. The number of hydrogen-bond acceptors (Lipinski definition) is 4. The maximum atomic E-state index is 12.9. The highest BCUT2D eigenvalue weighted by Gasteiger charge is 2.28. The van der Waals surface area contributed by atoms with Crippen molar-refractivity contribution >= 4 is 16.9 Å². The third-order valence-corrected chi connectivity index (χ3v) is 5.56. The standard InChI is InChI=1S/C20H28N4O3/c1-2-27-12-11-24-18-6-5-16(13-17(18)21-20(24)26)19(25)23-9-7-22(8-10-23)14-15-3-4-15/h5-6,13,15H,2-4,7-12,14H2,1H3,(H,21,26). The molecule has 7 heteroatoms. The quantitative estimate of drug-likeness (QED) is 0.749. The second-order valence-electron chi connectivity index (χ2n) is 7.55. The molecular weight excluding hydrogens is 344 g/mol. The SMILES string of the molecule is CCOCCn1c(=O)[nH]c2cc(C(=O)N3CCN(CC4CC4)CC3)ccc21. The largest absolute Gasteiger partial charge is 0.380 e. The molecule has 1 N–H and O–H groups in total. The number of ether oxygens (including phenoxy) is 1. The molecule has 1 amide bonds. The maximum absolute atomic E-state index is 12.9. The molecule has 4 rings (SSSR count). The van der Waals surface area contributed by atoms with Gasteiger partial charge in [-0.2, -0.15) is 0 Å². The van der Waals surface area contributed by atoms with E-state index in [9.17, 15) is 9.59 Å². The minimum absolute atomic E-state index is 0.0471. The van der Waals surface area contributed by atoms with Crippen LogP contribution in [0.1, 0.15) is 30.1 Å². The van der Waals surface area contributed by atoms with Crippen molar-refractivity contribution in [3.8, 4) is 0 Å². The normalized spacial score (nSPS) is 18.3. The number of fused-ring (bicyclic) bond motifs is 1. The number of carbonyl (C=O) groups excluding carboxylic acids is 1. The number of benzene rings is 1. The molecule has 0 unspecified atom stereocenters. The number of aromatic amines is 1. The third kappa shape index (κ3) is 4.09. The number of carbonyl (C=O) groups is 1. The Balaban J connectivity index is 1.44. The van der Waals surface area contributed by atoms with Crippen LogP contribution in [0.2, 0.25) is 0 Å². The van der Waals surface area contributed by atoms with Gasteiger partial charge in [0, 0.05) is 44.9 Å². The molecule has 0 spiro atoms. The van der Waals surface area contributed by atoms with Crippen molar-refractivity contribution in [1.29, 1.82) is 0 Å². The number of piperazine rings is 1.